The number of benzene rings is 2. The van der Waals surface area contributed by atoms with Crippen molar-refractivity contribution >= 4 is 18.3 Å². The van der Waals surface area contributed by atoms with Crippen LogP contribution in [0.2, 0.25) is 0 Å². The second kappa shape index (κ2) is 12.0. The van der Waals surface area contributed by atoms with Gasteiger partial charge in [-0.25, -0.2) is 14.5 Å². The topological polar surface area (TPSA) is 67.9 Å². The molecule has 1 fully saturated rings. The molecule has 200 valence electrons. The van der Waals surface area contributed by atoms with Gasteiger partial charge in [0.15, 0.2) is 0 Å². The van der Waals surface area contributed by atoms with E-state index >= 15 is 0 Å². The molecule has 1 saturated carbocycles. The van der Waals surface area contributed by atoms with Crippen LogP contribution >= 0.6 is 0 Å². The number of rotatable bonds is 8. The van der Waals surface area contributed by atoms with E-state index in [4.69, 9.17) is 9.47 Å². The fourth-order valence-electron chi connectivity index (χ4n) is 4.20. The molecule has 37 heavy (non-hydrogen) atoms. The molecule has 2 aromatic rings. The second-order valence-electron chi connectivity index (χ2n) is 11.6. The van der Waals surface area contributed by atoms with Crippen LogP contribution in [0.5, 0.6) is 0 Å². The molecule has 1 aliphatic rings. The Kier molecular flexibility index (Phi) is 9.19. The van der Waals surface area contributed by atoms with E-state index in [2.05, 4.69) is 42.6 Å². The molecule has 2 amide bonds. The van der Waals surface area contributed by atoms with Gasteiger partial charge in [-0.2, -0.15) is 0 Å². The smallest absolute Gasteiger partial charge is 0.420 e. The molecule has 0 unspecified atom stereocenters. The molecule has 1 aliphatic carbocycles. The molecule has 6 nitrogen and oxygen atoms in total. The van der Waals surface area contributed by atoms with Gasteiger partial charge in [-0.3, -0.25) is 0 Å². The first-order chi connectivity index (χ1) is 17.4. The summed E-state index contributed by atoms with van der Waals surface area (Å²) < 4.78 is 11.0. The second-order valence-corrected chi connectivity index (χ2v) is 11.6. The van der Waals surface area contributed by atoms with Gasteiger partial charge >= 0.3 is 12.2 Å². The molecule has 3 rings (SSSR count). The lowest BCUT2D eigenvalue weighted by Crippen LogP contribution is -2.43. The third-order valence-corrected chi connectivity index (χ3v) is 6.06. The van der Waals surface area contributed by atoms with Crippen LogP contribution in [0.4, 0.5) is 9.59 Å². The predicted molar refractivity (Wildman–Crippen MR) is 148 cm³/mol. The molecule has 0 aliphatic heterocycles. The summed E-state index contributed by atoms with van der Waals surface area (Å²) in [7, 11) is 0. The Labute approximate surface area is 222 Å². The van der Waals surface area contributed by atoms with Crippen molar-refractivity contribution < 1.29 is 19.1 Å². The molecule has 2 atom stereocenters. The minimum absolute atomic E-state index is 0.0733. The Hall–Kier alpha value is -3.12. The number of nitrogens with one attached hydrogen (secondary N) is 1. The lowest BCUT2D eigenvalue weighted by Gasteiger charge is -2.29. The standard InChI is InChI=1S/C31H42N2O4/c1-8-23(18-22-14-10-9-11-15-22)26-19-27(26)32-20-24-16-12-13-17-25(24)21-33(28(34)36-30(2,3)4)29(35)37-31(5,6)7/h9-18,26-27,32H,8,19-21H2,1-7H3/b23-18+/t26-,27+/m0/s1. The number of imide groups is 1. The van der Waals surface area contributed by atoms with Crippen molar-refractivity contribution in [1.82, 2.24) is 10.2 Å². The number of carbonyl (C=O) groups is 2. The van der Waals surface area contributed by atoms with Crippen LogP contribution in [0.25, 0.3) is 6.08 Å². The first-order valence-electron chi connectivity index (χ1n) is 13.2. The third-order valence-electron chi connectivity index (χ3n) is 6.06. The molecule has 0 radical (unpaired) electrons. The Morgan fingerprint density at radius 2 is 1.43 bits per heavy atom. The molecular weight excluding hydrogens is 464 g/mol. The monoisotopic (exact) mass is 506 g/mol. The molecule has 0 heterocycles. The van der Waals surface area contributed by atoms with Gasteiger partial charge in [-0.15, -0.1) is 0 Å². The summed E-state index contributed by atoms with van der Waals surface area (Å²) in [6, 6.07) is 18.7. The molecule has 1 N–H and O–H groups in total. The van der Waals surface area contributed by atoms with E-state index in [1.165, 1.54) is 11.1 Å². The molecule has 2 aromatic carbocycles. The number of nitrogens with zero attached hydrogens (tertiary/aromatic N) is 1. The van der Waals surface area contributed by atoms with Crippen LogP contribution in [0, 0.1) is 5.92 Å². The SMILES string of the molecule is CC/C(=C\c1ccccc1)[C@@H]1C[C@H]1NCc1ccccc1CN(C(=O)OC(C)(C)C)C(=O)OC(C)(C)C. The lowest BCUT2D eigenvalue weighted by atomic mass is 10.0. The molecular formula is C31H42N2O4. The summed E-state index contributed by atoms with van der Waals surface area (Å²) in [5.74, 6) is 0.525. The number of carbonyl (C=O) groups excluding carboxylic acids is 2. The average Bonchev–Trinajstić information content (AvgIpc) is 3.58. The lowest BCUT2D eigenvalue weighted by molar-refractivity contribution is -0.000290. The number of amides is 2. The van der Waals surface area contributed by atoms with Crippen LogP contribution in [0.15, 0.2) is 60.2 Å². The Morgan fingerprint density at radius 3 is 1.97 bits per heavy atom. The third kappa shape index (κ3) is 9.04. The number of hydrogen-bond acceptors (Lipinski definition) is 5. The van der Waals surface area contributed by atoms with Crippen LogP contribution in [0.1, 0.15) is 78.0 Å². The summed E-state index contributed by atoms with van der Waals surface area (Å²) in [5.41, 5.74) is 3.14. The van der Waals surface area contributed by atoms with E-state index in [0.717, 1.165) is 28.9 Å². The van der Waals surface area contributed by atoms with Crippen molar-refractivity contribution in [2.75, 3.05) is 0 Å². The van der Waals surface area contributed by atoms with E-state index in [0.29, 0.717) is 18.5 Å². The molecule has 0 saturated heterocycles. The highest BCUT2D eigenvalue weighted by Crippen LogP contribution is 2.40. The zero-order chi connectivity index (χ0) is 27.2. The highest BCUT2D eigenvalue weighted by Gasteiger charge is 2.38. The Balaban J connectivity index is 1.70. The van der Waals surface area contributed by atoms with Crippen LogP contribution in [-0.4, -0.2) is 34.3 Å². The molecule has 0 aromatic heterocycles. The summed E-state index contributed by atoms with van der Waals surface area (Å²) in [6.07, 6.45) is 3.00. The average molecular weight is 507 g/mol. The highest BCUT2D eigenvalue weighted by molar-refractivity contribution is 5.88. The van der Waals surface area contributed by atoms with E-state index < -0.39 is 23.4 Å². The fourth-order valence-corrected chi connectivity index (χ4v) is 4.20. The Morgan fingerprint density at radius 1 is 0.892 bits per heavy atom. The van der Waals surface area contributed by atoms with Crippen molar-refractivity contribution in [2.24, 2.45) is 5.92 Å². The first-order valence-corrected chi connectivity index (χ1v) is 13.2. The minimum atomic E-state index is -0.732. The maximum atomic E-state index is 13.0. The zero-order valence-electron chi connectivity index (χ0n) is 23.3. The molecule has 6 heteroatoms. The summed E-state index contributed by atoms with van der Waals surface area (Å²) in [5, 5.41) is 3.68. The van der Waals surface area contributed by atoms with Gasteiger partial charge in [-0.05, 0) is 77.0 Å². The Bertz CT molecular complexity index is 1070. The summed E-state index contributed by atoms with van der Waals surface area (Å²) >= 11 is 0. The molecule has 0 bridgehead atoms. The van der Waals surface area contributed by atoms with Gasteiger partial charge in [0.05, 0.1) is 6.54 Å². The van der Waals surface area contributed by atoms with Crippen LogP contribution in [-0.2, 0) is 22.6 Å². The van der Waals surface area contributed by atoms with Crippen molar-refractivity contribution in [2.45, 2.75) is 91.6 Å². The maximum absolute atomic E-state index is 13.0. The van der Waals surface area contributed by atoms with Gasteiger partial charge in [0.2, 0.25) is 0 Å². The summed E-state index contributed by atoms with van der Waals surface area (Å²) in [4.78, 5) is 27.0. The van der Waals surface area contributed by atoms with Crippen molar-refractivity contribution in [3.05, 3.63) is 76.9 Å². The predicted octanol–water partition coefficient (Wildman–Crippen LogP) is 7.33. The molecule has 0 spiro atoms. The van der Waals surface area contributed by atoms with Crippen molar-refractivity contribution in [3.8, 4) is 0 Å². The largest absolute Gasteiger partial charge is 0.443 e. The van der Waals surface area contributed by atoms with E-state index in [-0.39, 0.29) is 6.54 Å². The number of ether oxygens (including phenoxy) is 2. The fraction of sp³-hybridized carbons (Fsp3) is 0.484. The summed E-state index contributed by atoms with van der Waals surface area (Å²) in [6.45, 7) is 13.6. The van der Waals surface area contributed by atoms with Gasteiger partial charge in [0.25, 0.3) is 0 Å². The van der Waals surface area contributed by atoms with E-state index in [9.17, 15) is 9.59 Å². The maximum Gasteiger partial charge on any atom is 0.420 e. The minimum Gasteiger partial charge on any atom is -0.443 e. The highest BCUT2D eigenvalue weighted by atomic mass is 16.6. The zero-order valence-corrected chi connectivity index (χ0v) is 23.3. The van der Waals surface area contributed by atoms with Crippen LogP contribution in [0.3, 0.4) is 0 Å². The first kappa shape index (κ1) is 28.5. The van der Waals surface area contributed by atoms with Gasteiger partial charge in [0, 0.05) is 12.6 Å². The van der Waals surface area contributed by atoms with Gasteiger partial charge < -0.3 is 14.8 Å². The van der Waals surface area contributed by atoms with Gasteiger partial charge in [0.1, 0.15) is 11.2 Å². The normalized spacial score (nSPS) is 17.8. The number of hydrogen-bond donors (Lipinski definition) is 1. The van der Waals surface area contributed by atoms with Crippen LogP contribution < -0.4 is 5.32 Å². The van der Waals surface area contributed by atoms with Gasteiger partial charge in [-0.1, -0.05) is 73.2 Å². The van der Waals surface area contributed by atoms with Crippen molar-refractivity contribution in [1.29, 1.82) is 0 Å². The van der Waals surface area contributed by atoms with Crippen molar-refractivity contribution in [3.63, 3.8) is 0 Å². The van der Waals surface area contributed by atoms with E-state index in [1.807, 2.05) is 30.3 Å². The quantitative estimate of drug-likeness (QED) is 0.406. The van der Waals surface area contributed by atoms with E-state index in [1.54, 1.807) is 41.5 Å².